The minimum Gasteiger partial charge on any atom is -0.325 e. The summed E-state index contributed by atoms with van der Waals surface area (Å²) in [7, 11) is 0. The first-order valence-electron chi connectivity index (χ1n) is 6.29. The first-order valence-corrected chi connectivity index (χ1v) is 7.08. The van der Waals surface area contributed by atoms with Crippen molar-refractivity contribution in [2.45, 2.75) is 6.92 Å². The van der Waals surface area contributed by atoms with E-state index in [1.54, 1.807) is 36.4 Å². The van der Waals surface area contributed by atoms with Crippen LogP contribution in [0.4, 0.5) is 5.69 Å². The lowest BCUT2D eigenvalue weighted by molar-refractivity contribution is -0.114. The number of benzene rings is 2. The van der Waals surface area contributed by atoms with Crippen LogP contribution in [0, 0.1) is 0 Å². The molecule has 0 atom stereocenters. The van der Waals surface area contributed by atoms with Crippen LogP contribution in [0.3, 0.4) is 0 Å². The Kier molecular flexibility index (Phi) is 3.22. The van der Waals surface area contributed by atoms with Gasteiger partial charge in [0.25, 0.3) is 0 Å². The Morgan fingerprint density at radius 2 is 1.57 bits per heavy atom. The molecule has 0 saturated heterocycles. The molecule has 0 fully saturated rings. The number of hydrogen-bond acceptors (Lipinski definition) is 3. The number of carbonyl (C=O) groups excluding carboxylic acids is 3. The fourth-order valence-corrected chi connectivity index (χ4v) is 2.89. The summed E-state index contributed by atoms with van der Waals surface area (Å²) in [6.45, 7) is 1.36. The Morgan fingerprint density at radius 3 is 2.19 bits per heavy atom. The number of amides is 1. The molecule has 1 amide bonds. The van der Waals surface area contributed by atoms with Crippen molar-refractivity contribution in [2.24, 2.45) is 0 Å². The van der Waals surface area contributed by atoms with Crippen molar-refractivity contribution in [3.63, 3.8) is 0 Å². The van der Waals surface area contributed by atoms with Gasteiger partial charge in [-0.1, -0.05) is 24.3 Å². The molecule has 0 aromatic heterocycles. The first kappa shape index (κ1) is 13.7. The summed E-state index contributed by atoms with van der Waals surface area (Å²) in [6, 6.07) is 9.95. The van der Waals surface area contributed by atoms with Crippen LogP contribution in [-0.4, -0.2) is 17.5 Å². The molecule has 0 aliphatic heterocycles. The minimum absolute atomic E-state index is 0.209. The third-order valence-electron chi connectivity index (χ3n) is 3.34. The van der Waals surface area contributed by atoms with E-state index in [0.717, 1.165) is 0 Å². The van der Waals surface area contributed by atoms with Crippen molar-refractivity contribution in [2.75, 3.05) is 5.32 Å². The highest BCUT2D eigenvalue weighted by molar-refractivity contribution is 9.10. The Hall–Kier alpha value is -2.27. The van der Waals surface area contributed by atoms with Crippen LogP contribution in [0.1, 0.15) is 38.8 Å². The number of hydrogen-bond donors (Lipinski definition) is 1. The van der Waals surface area contributed by atoms with Crippen molar-refractivity contribution in [1.82, 2.24) is 0 Å². The third-order valence-corrected chi connectivity index (χ3v) is 4.00. The molecule has 0 radical (unpaired) electrons. The van der Waals surface area contributed by atoms with E-state index in [4.69, 9.17) is 0 Å². The average molecular weight is 344 g/mol. The van der Waals surface area contributed by atoms with E-state index in [2.05, 4.69) is 21.2 Å². The van der Waals surface area contributed by atoms with Gasteiger partial charge < -0.3 is 5.32 Å². The van der Waals surface area contributed by atoms with E-state index in [9.17, 15) is 14.4 Å². The van der Waals surface area contributed by atoms with Gasteiger partial charge >= 0.3 is 0 Å². The highest BCUT2D eigenvalue weighted by Gasteiger charge is 2.32. The summed E-state index contributed by atoms with van der Waals surface area (Å²) in [4.78, 5) is 36.6. The quantitative estimate of drug-likeness (QED) is 0.737. The third kappa shape index (κ3) is 2.10. The monoisotopic (exact) mass is 343 g/mol. The molecule has 0 spiro atoms. The summed E-state index contributed by atoms with van der Waals surface area (Å²) in [5, 5.41) is 2.62. The van der Waals surface area contributed by atoms with Crippen molar-refractivity contribution >= 4 is 39.1 Å². The predicted octanol–water partition coefficient (Wildman–Crippen LogP) is 3.18. The van der Waals surface area contributed by atoms with Crippen molar-refractivity contribution in [1.29, 1.82) is 0 Å². The van der Waals surface area contributed by atoms with Gasteiger partial charge in [-0.2, -0.15) is 0 Å². The van der Waals surface area contributed by atoms with E-state index < -0.39 is 0 Å². The Labute approximate surface area is 129 Å². The standard InChI is InChI=1S/C16H10BrNO3/c1-8(19)18-14-12(17)7-6-11-13(14)16(21)10-5-3-2-4-9(10)15(11)20/h2-7H,1H3,(H,18,19). The average Bonchev–Trinajstić information content (AvgIpc) is 2.46. The smallest absolute Gasteiger partial charge is 0.221 e. The molecular weight excluding hydrogens is 334 g/mol. The Morgan fingerprint density at radius 1 is 0.952 bits per heavy atom. The van der Waals surface area contributed by atoms with Crippen LogP contribution in [-0.2, 0) is 4.79 Å². The molecule has 4 nitrogen and oxygen atoms in total. The van der Waals surface area contributed by atoms with Crippen LogP contribution >= 0.6 is 15.9 Å². The maximum Gasteiger partial charge on any atom is 0.221 e. The summed E-state index contributed by atoms with van der Waals surface area (Å²) in [5.74, 6) is -0.771. The topological polar surface area (TPSA) is 63.2 Å². The maximum atomic E-state index is 12.7. The summed E-state index contributed by atoms with van der Waals surface area (Å²) < 4.78 is 0.567. The zero-order chi connectivity index (χ0) is 15.1. The van der Waals surface area contributed by atoms with Crippen molar-refractivity contribution in [3.05, 3.63) is 63.1 Å². The molecule has 0 saturated carbocycles. The Balaban J connectivity index is 2.30. The maximum absolute atomic E-state index is 12.7. The zero-order valence-corrected chi connectivity index (χ0v) is 12.7. The number of halogens is 1. The Bertz CT molecular complexity index is 811. The highest BCUT2D eigenvalue weighted by Crippen LogP contribution is 2.36. The lowest BCUT2D eigenvalue weighted by atomic mass is 9.83. The number of rotatable bonds is 1. The molecule has 0 heterocycles. The van der Waals surface area contributed by atoms with Gasteiger partial charge in [-0.25, -0.2) is 0 Å². The number of nitrogens with one attached hydrogen (secondary N) is 1. The largest absolute Gasteiger partial charge is 0.325 e. The molecule has 3 rings (SSSR count). The molecular formula is C16H10BrNO3. The van der Waals surface area contributed by atoms with E-state index >= 15 is 0 Å². The second kappa shape index (κ2) is 4.93. The van der Waals surface area contributed by atoms with Crippen LogP contribution in [0.25, 0.3) is 0 Å². The van der Waals surface area contributed by atoms with E-state index in [0.29, 0.717) is 26.9 Å². The summed E-state index contributed by atoms with van der Waals surface area (Å²) >= 11 is 3.31. The zero-order valence-electron chi connectivity index (χ0n) is 11.1. The van der Waals surface area contributed by atoms with Gasteiger partial charge in [0.2, 0.25) is 5.91 Å². The van der Waals surface area contributed by atoms with Gasteiger partial charge in [-0.05, 0) is 28.1 Å². The van der Waals surface area contributed by atoms with Gasteiger partial charge in [0, 0.05) is 28.1 Å². The number of fused-ring (bicyclic) bond motifs is 2. The van der Waals surface area contributed by atoms with Gasteiger partial charge in [0.15, 0.2) is 11.6 Å². The second-order valence-corrected chi connectivity index (χ2v) is 5.58. The van der Waals surface area contributed by atoms with Gasteiger partial charge in [-0.15, -0.1) is 0 Å². The molecule has 1 aliphatic rings. The molecule has 0 bridgehead atoms. The van der Waals surface area contributed by atoms with Gasteiger partial charge in [0.05, 0.1) is 11.3 Å². The molecule has 1 aliphatic carbocycles. The second-order valence-electron chi connectivity index (χ2n) is 4.73. The normalized spacial score (nSPS) is 12.7. The molecule has 2 aromatic carbocycles. The van der Waals surface area contributed by atoms with Crippen LogP contribution in [0.5, 0.6) is 0 Å². The SMILES string of the molecule is CC(=O)Nc1c(Br)ccc2c1C(=O)c1ccccc1C2=O. The predicted molar refractivity (Wildman–Crippen MR) is 81.8 cm³/mol. The van der Waals surface area contributed by atoms with Crippen molar-refractivity contribution < 1.29 is 14.4 Å². The van der Waals surface area contributed by atoms with Gasteiger partial charge in [0.1, 0.15) is 0 Å². The van der Waals surface area contributed by atoms with Crippen molar-refractivity contribution in [3.8, 4) is 0 Å². The highest BCUT2D eigenvalue weighted by atomic mass is 79.9. The molecule has 104 valence electrons. The van der Waals surface area contributed by atoms with Crippen LogP contribution in [0.2, 0.25) is 0 Å². The fourth-order valence-electron chi connectivity index (χ4n) is 2.46. The molecule has 0 unspecified atom stereocenters. The van der Waals surface area contributed by atoms with E-state index in [1.807, 2.05) is 0 Å². The summed E-state index contributed by atoms with van der Waals surface area (Å²) in [5.41, 5.74) is 1.65. The van der Waals surface area contributed by atoms with E-state index in [-0.39, 0.29) is 23.0 Å². The minimum atomic E-state index is -0.303. The summed E-state index contributed by atoms with van der Waals surface area (Å²) in [6.07, 6.45) is 0. The lowest BCUT2D eigenvalue weighted by Crippen LogP contribution is -2.23. The molecule has 5 heteroatoms. The van der Waals surface area contributed by atoms with E-state index in [1.165, 1.54) is 6.92 Å². The fraction of sp³-hybridized carbons (Fsp3) is 0.0625. The number of carbonyl (C=O) groups is 3. The number of anilines is 1. The first-order chi connectivity index (χ1) is 10.0. The number of ketones is 2. The molecule has 21 heavy (non-hydrogen) atoms. The van der Waals surface area contributed by atoms with Gasteiger partial charge in [-0.3, -0.25) is 14.4 Å². The lowest BCUT2D eigenvalue weighted by Gasteiger charge is -2.21. The molecule has 2 aromatic rings. The van der Waals surface area contributed by atoms with Crippen LogP contribution < -0.4 is 5.32 Å². The molecule has 1 N–H and O–H groups in total. The van der Waals surface area contributed by atoms with Crippen LogP contribution in [0.15, 0.2) is 40.9 Å².